The topological polar surface area (TPSA) is 169 Å². The summed E-state index contributed by atoms with van der Waals surface area (Å²) in [6.07, 6.45) is 5.07. The van der Waals surface area contributed by atoms with Crippen LogP contribution in [0.3, 0.4) is 0 Å². The first kappa shape index (κ1) is 41.9. The van der Waals surface area contributed by atoms with Crippen LogP contribution in [-0.2, 0) is 21.4 Å². The van der Waals surface area contributed by atoms with Gasteiger partial charge in [0, 0.05) is 64.0 Å². The number of alkyl halides is 4. The minimum atomic E-state index is -3.05. The van der Waals surface area contributed by atoms with E-state index in [-0.39, 0.29) is 90.4 Å². The normalized spacial score (nSPS) is 27.6. The molecule has 0 spiro atoms. The highest BCUT2D eigenvalue weighted by Gasteiger charge is 2.52. The first-order chi connectivity index (χ1) is 31.2. The van der Waals surface area contributed by atoms with E-state index in [2.05, 4.69) is 25.7 Å². The number of halogens is 5. The number of nitrogens with one attached hydrogen (secondary N) is 2. The van der Waals surface area contributed by atoms with E-state index >= 15 is 13.2 Å². The van der Waals surface area contributed by atoms with E-state index in [9.17, 15) is 28.0 Å². The Morgan fingerprint density at radius 2 is 1.77 bits per heavy atom. The standard InChI is InChI=1S/C43H47F5N12O5/c1-54-37-30(60(42(54)64)31-8-9-34(61)52-41(31)63)7-6-27(35(37)44)22-16-56(17-22)32-10-12-55(21-43(32,47)48)23-2-4-24(5-3-23)59-19-29(36(53-59)38(45)46)50-40(62)28-15-49-58-13-11-33(51-39(28)58)57-18-26-14-25(57)20-65-26/h6-7,11,13,15,19,22-26,31-32,38H,2-5,8-10,12,14,16-18,20-21H2,1H3,(H,50,62)(H,52,61,63)/t23-,24-,25-,26-,31?,32?/m1/s1. The summed E-state index contributed by atoms with van der Waals surface area (Å²) in [6.45, 7) is 1.73. The molecular formula is C43H47F5N12O5. The summed E-state index contributed by atoms with van der Waals surface area (Å²) < 4.78 is 87.8. The lowest BCUT2D eigenvalue weighted by Gasteiger charge is -2.51. The predicted molar refractivity (Wildman–Crippen MR) is 223 cm³/mol. The van der Waals surface area contributed by atoms with Crippen molar-refractivity contribution >= 4 is 45.9 Å². The molecule has 11 rings (SSSR count). The number of ether oxygens (including phenoxy) is 1. The monoisotopic (exact) mass is 906 g/mol. The third-order valence-electron chi connectivity index (χ3n) is 14.7. The predicted octanol–water partition coefficient (Wildman–Crippen LogP) is 4.16. The van der Waals surface area contributed by atoms with Gasteiger partial charge in [0.1, 0.15) is 22.9 Å². The highest BCUT2D eigenvalue weighted by Crippen LogP contribution is 2.42. The van der Waals surface area contributed by atoms with Gasteiger partial charge in [0.15, 0.2) is 17.2 Å². The van der Waals surface area contributed by atoms with Crippen LogP contribution in [0.15, 0.2) is 41.6 Å². The van der Waals surface area contributed by atoms with Gasteiger partial charge in [0.25, 0.3) is 18.3 Å². The molecule has 0 radical (unpaired) electrons. The molecule has 4 aromatic heterocycles. The van der Waals surface area contributed by atoms with Crippen LogP contribution >= 0.6 is 0 Å². The maximum Gasteiger partial charge on any atom is 0.329 e. The zero-order valence-corrected chi connectivity index (χ0v) is 35.4. The molecule has 2 unspecified atom stereocenters. The quantitative estimate of drug-likeness (QED) is 0.161. The largest absolute Gasteiger partial charge is 0.374 e. The number of rotatable bonds is 9. The molecule has 344 valence electrons. The zero-order valence-electron chi connectivity index (χ0n) is 35.4. The molecule has 17 nitrogen and oxygen atoms in total. The molecule has 9 heterocycles. The van der Waals surface area contributed by atoms with Crippen LogP contribution in [0.1, 0.15) is 97.4 Å². The van der Waals surface area contributed by atoms with Gasteiger partial charge in [0.2, 0.25) is 11.8 Å². The summed E-state index contributed by atoms with van der Waals surface area (Å²) >= 11 is 0. The smallest absolute Gasteiger partial charge is 0.329 e. The highest BCUT2D eigenvalue weighted by atomic mass is 19.3. The van der Waals surface area contributed by atoms with E-state index in [4.69, 9.17) is 9.72 Å². The van der Waals surface area contributed by atoms with Crippen LogP contribution in [-0.4, -0.2) is 131 Å². The van der Waals surface area contributed by atoms with Crippen LogP contribution in [0.4, 0.5) is 33.5 Å². The van der Waals surface area contributed by atoms with E-state index in [1.807, 2.05) is 11.0 Å². The number of carbonyl (C=O) groups is 3. The molecule has 5 aromatic rings. The molecule has 6 fully saturated rings. The number of fused-ring (bicyclic) bond motifs is 4. The second-order valence-electron chi connectivity index (χ2n) is 18.4. The number of likely N-dealkylation sites (tertiary alicyclic amines) is 2. The third-order valence-corrected chi connectivity index (χ3v) is 14.7. The molecule has 1 aromatic carbocycles. The number of hydrogen-bond acceptors (Lipinski definition) is 11. The van der Waals surface area contributed by atoms with Crippen LogP contribution in [0.5, 0.6) is 0 Å². The van der Waals surface area contributed by atoms with Crippen LogP contribution < -0.4 is 21.2 Å². The third kappa shape index (κ3) is 7.09. The van der Waals surface area contributed by atoms with E-state index in [0.717, 1.165) is 11.0 Å². The molecule has 65 heavy (non-hydrogen) atoms. The van der Waals surface area contributed by atoms with E-state index in [1.165, 1.54) is 33.2 Å². The average Bonchev–Trinajstić information content (AvgIpc) is 4.11. The Morgan fingerprint density at radius 3 is 2.48 bits per heavy atom. The second kappa shape index (κ2) is 15.7. The number of amides is 3. The molecule has 3 amide bonds. The summed E-state index contributed by atoms with van der Waals surface area (Å²) in [5.41, 5.74) is -0.310. The van der Waals surface area contributed by atoms with Crippen molar-refractivity contribution in [1.29, 1.82) is 0 Å². The van der Waals surface area contributed by atoms with Gasteiger partial charge >= 0.3 is 5.69 Å². The number of morpholine rings is 1. The van der Waals surface area contributed by atoms with Gasteiger partial charge in [0.05, 0.1) is 54.8 Å². The van der Waals surface area contributed by atoms with Gasteiger partial charge < -0.3 is 15.0 Å². The van der Waals surface area contributed by atoms with Crippen molar-refractivity contribution < 1.29 is 41.1 Å². The highest BCUT2D eigenvalue weighted by molar-refractivity contribution is 6.08. The van der Waals surface area contributed by atoms with Gasteiger partial charge in [-0.3, -0.25) is 43.3 Å². The van der Waals surface area contributed by atoms with Crippen molar-refractivity contribution in [2.24, 2.45) is 7.05 Å². The number of hydrogen-bond donors (Lipinski definition) is 2. The number of piperidine rings is 2. The van der Waals surface area contributed by atoms with Crippen LogP contribution in [0.2, 0.25) is 0 Å². The summed E-state index contributed by atoms with van der Waals surface area (Å²) in [6, 6.07) is 2.75. The molecule has 4 atom stereocenters. The van der Waals surface area contributed by atoms with E-state index in [1.54, 1.807) is 23.2 Å². The SMILES string of the molecule is Cn1c(=O)n(C2CCC(=O)NC2=O)c2ccc(C3CN(C4CCN([C@H]5CC[C@H](n6cc(NC(=O)c7cnn8ccc(N9C[C@H]%10C[C@@H]9CO%10)nc78)c(C(F)F)n6)CC5)CC4(F)F)C3)c(F)c21. The van der Waals surface area contributed by atoms with Crippen molar-refractivity contribution in [3.63, 3.8) is 0 Å². The minimum Gasteiger partial charge on any atom is -0.374 e. The van der Waals surface area contributed by atoms with Crippen molar-refractivity contribution in [3.05, 3.63) is 69.9 Å². The van der Waals surface area contributed by atoms with Crippen LogP contribution in [0, 0.1) is 5.82 Å². The van der Waals surface area contributed by atoms with Crippen molar-refractivity contribution in [1.82, 2.24) is 48.6 Å². The maximum atomic E-state index is 16.1. The number of imidazole rings is 1. The first-order valence-corrected chi connectivity index (χ1v) is 22.2. The Morgan fingerprint density at radius 1 is 0.985 bits per heavy atom. The van der Waals surface area contributed by atoms with Crippen molar-refractivity contribution in [3.8, 4) is 0 Å². The average molecular weight is 907 g/mol. The Labute approximate surface area is 367 Å². The van der Waals surface area contributed by atoms with E-state index < -0.39 is 65.9 Å². The fraction of sp³-hybridized carbons (Fsp3) is 0.558. The number of benzene rings is 1. The number of carbonyl (C=O) groups excluding carboxylic acids is 3. The molecule has 22 heteroatoms. The summed E-state index contributed by atoms with van der Waals surface area (Å²) in [5.74, 6) is -5.08. The number of aryl methyl sites for hydroxylation is 1. The summed E-state index contributed by atoms with van der Waals surface area (Å²) in [5, 5.41) is 13.3. The van der Waals surface area contributed by atoms with Crippen molar-refractivity contribution in [2.75, 3.05) is 49.5 Å². The molecule has 5 saturated heterocycles. The van der Waals surface area contributed by atoms with Gasteiger partial charge in [-0.15, -0.1) is 0 Å². The zero-order chi connectivity index (χ0) is 45.1. The van der Waals surface area contributed by atoms with Crippen LogP contribution in [0.25, 0.3) is 16.7 Å². The van der Waals surface area contributed by atoms with Gasteiger partial charge in [-0.1, -0.05) is 6.07 Å². The maximum absolute atomic E-state index is 16.1. The van der Waals surface area contributed by atoms with Gasteiger partial charge in [-0.25, -0.2) is 36.2 Å². The lowest BCUT2D eigenvalue weighted by Crippen LogP contribution is -2.64. The molecular weight excluding hydrogens is 860 g/mol. The Hall–Kier alpha value is -5.74. The number of nitrogens with zero attached hydrogens (tertiary/aromatic N) is 10. The van der Waals surface area contributed by atoms with E-state index in [0.29, 0.717) is 56.8 Å². The van der Waals surface area contributed by atoms with Gasteiger partial charge in [-0.05, 0) is 62.6 Å². The molecule has 5 aliphatic heterocycles. The van der Waals surface area contributed by atoms with Gasteiger partial charge in [-0.2, -0.15) is 10.2 Å². The lowest BCUT2D eigenvalue weighted by molar-refractivity contribution is -0.151. The second-order valence-corrected chi connectivity index (χ2v) is 18.4. The molecule has 2 N–H and O–H groups in total. The Kier molecular flexibility index (Phi) is 10.1. The summed E-state index contributed by atoms with van der Waals surface area (Å²) in [7, 11) is 1.42. The van der Waals surface area contributed by atoms with Crippen molar-refractivity contribution in [2.45, 2.75) is 106 Å². The number of imide groups is 1. The summed E-state index contributed by atoms with van der Waals surface area (Å²) in [4.78, 5) is 61.4. The lowest BCUT2D eigenvalue weighted by atomic mass is 9.84. The first-order valence-electron chi connectivity index (χ1n) is 22.2. The molecule has 1 aliphatic carbocycles. The number of aromatic nitrogens is 7. The molecule has 1 saturated carbocycles. The fourth-order valence-electron chi connectivity index (χ4n) is 11.3. The minimum absolute atomic E-state index is 0.0184. The fourth-order valence-corrected chi connectivity index (χ4v) is 11.3. The Bertz CT molecular complexity index is 2790. The molecule has 2 bridgehead atoms. The Balaban J connectivity index is 0.707. The number of anilines is 2. The molecule has 6 aliphatic rings.